The molecule has 7 heteroatoms. The molecule has 1 amide bonds. The standard InChI is InChI=1S/C18H23N3O4/c1-3-4-5-17(22)20(13-6-7-13)12-16-18(23)25-19-21(16)14-8-10-15(24-2)11-9-14/h8-11,13H,3-7,12H2,1-2H3. The smallest absolute Gasteiger partial charge is 0.259 e. The predicted molar refractivity (Wildman–Crippen MR) is 87.1 cm³/mol. The molecule has 0 bridgehead atoms. The van der Waals surface area contributed by atoms with Crippen LogP contribution in [-0.4, -0.2) is 29.2 Å². The molecule has 0 N–H and O–H groups in total. The summed E-state index contributed by atoms with van der Waals surface area (Å²) >= 11 is 0. The number of benzene rings is 1. The van der Waals surface area contributed by atoms with Crippen molar-refractivity contribution in [3.63, 3.8) is 0 Å². The fourth-order valence-electron chi connectivity index (χ4n) is 2.76. The quantitative estimate of drug-likeness (QED) is 0.680. The van der Waals surface area contributed by atoms with E-state index in [1.165, 1.54) is 4.68 Å². The Labute approximate surface area is 146 Å². The van der Waals surface area contributed by atoms with E-state index in [-0.39, 0.29) is 18.5 Å². The fraction of sp³-hybridized carbons (Fsp3) is 0.500. The summed E-state index contributed by atoms with van der Waals surface area (Å²) in [7, 11) is 1.59. The van der Waals surface area contributed by atoms with Crippen LogP contribution < -0.4 is 14.5 Å². The molecule has 1 saturated carbocycles. The van der Waals surface area contributed by atoms with Gasteiger partial charge in [0.15, 0.2) is 5.95 Å². The number of ether oxygens (including phenoxy) is 1. The number of carbonyl (C=O) groups is 1. The number of aromatic nitrogens is 2. The van der Waals surface area contributed by atoms with E-state index < -0.39 is 5.95 Å². The van der Waals surface area contributed by atoms with E-state index in [2.05, 4.69) is 12.2 Å². The molecule has 2 aromatic rings. The van der Waals surface area contributed by atoms with E-state index >= 15 is 0 Å². The molecule has 0 unspecified atom stereocenters. The van der Waals surface area contributed by atoms with Crippen LogP contribution in [0.1, 0.15) is 44.7 Å². The third kappa shape index (κ3) is 3.92. The van der Waals surface area contributed by atoms with E-state index in [4.69, 9.17) is 9.26 Å². The van der Waals surface area contributed by atoms with Gasteiger partial charge in [-0.2, -0.15) is 0 Å². The van der Waals surface area contributed by atoms with Gasteiger partial charge in [-0.3, -0.25) is 4.79 Å². The van der Waals surface area contributed by atoms with Crippen LogP contribution in [-0.2, 0) is 11.3 Å². The fourth-order valence-corrected chi connectivity index (χ4v) is 2.76. The SMILES string of the molecule is CCCCC(=O)N(Cc1c([O-])on[n+]1-c1ccc(OC)cc1)C1CC1. The first-order valence-electron chi connectivity index (χ1n) is 8.65. The zero-order valence-electron chi connectivity index (χ0n) is 14.6. The van der Waals surface area contributed by atoms with Crippen LogP contribution in [0.2, 0.25) is 0 Å². The summed E-state index contributed by atoms with van der Waals surface area (Å²) in [5.74, 6) is 0.294. The highest BCUT2D eigenvalue weighted by Crippen LogP contribution is 2.30. The molecule has 1 heterocycles. The Morgan fingerprint density at radius 1 is 1.40 bits per heavy atom. The molecule has 25 heavy (non-hydrogen) atoms. The highest BCUT2D eigenvalue weighted by Gasteiger charge is 2.35. The maximum absolute atomic E-state index is 12.5. The Hall–Kier alpha value is -2.57. The van der Waals surface area contributed by atoms with Crippen molar-refractivity contribution in [1.82, 2.24) is 10.2 Å². The van der Waals surface area contributed by atoms with Crippen molar-refractivity contribution >= 4 is 5.91 Å². The lowest BCUT2D eigenvalue weighted by Gasteiger charge is -2.20. The maximum atomic E-state index is 12.5. The molecule has 0 atom stereocenters. The third-order valence-electron chi connectivity index (χ3n) is 4.39. The number of nitrogens with zero attached hydrogens (tertiary/aromatic N) is 3. The Kier molecular flexibility index (Phi) is 5.21. The van der Waals surface area contributed by atoms with Gasteiger partial charge in [0.05, 0.1) is 12.4 Å². The molecule has 1 aliphatic carbocycles. The molecule has 0 aliphatic heterocycles. The van der Waals surface area contributed by atoms with Crippen LogP contribution in [0, 0.1) is 0 Å². The van der Waals surface area contributed by atoms with Gasteiger partial charge in [-0.25, -0.2) is 0 Å². The Bertz CT molecular complexity index is 722. The molecular formula is C18H23N3O4. The first-order chi connectivity index (χ1) is 12.1. The third-order valence-corrected chi connectivity index (χ3v) is 4.39. The topological polar surface area (TPSA) is 82.5 Å². The normalized spacial score (nSPS) is 13.7. The van der Waals surface area contributed by atoms with Crippen molar-refractivity contribution in [3.8, 4) is 17.4 Å². The summed E-state index contributed by atoms with van der Waals surface area (Å²) < 4.78 is 11.5. The van der Waals surface area contributed by atoms with Gasteiger partial charge in [-0.1, -0.05) is 13.3 Å². The van der Waals surface area contributed by atoms with Gasteiger partial charge in [0, 0.05) is 24.6 Å². The molecule has 1 aliphatic rings. The second-order valence-corrected chi connectivity index (χ2v) is 6.27. The predicted octanol–water partition coefficient (Wildman–Crippen LogP) is 1.71. The molecule has 1 fully saturated rings. The van der Waals surface area contributed by atoms with Gasteiger partial charge < -0.3 is 19.3 Å². The second-order valence-electron chi connectivity index (χ2n) is 6.27. The van der Waals surface area contributed by atoms with Crippen LogP contribution >= 0.6 is 0 Å². The lowest BCUT2D eigenvalue weighted by Crippen LogP contribution is -2.42. The van der Waals surface area contributed by atoms with Crippen molar-refractivity contribution in [3.05, 3.63) is 30.0 Å². The molecular weight excluding hydrogens is 322 g/mol. The lowest BCUT2D eigenvalue weighted by atomic mass is 10.2. The number of rotatable bonds is 8. The van der Waals surface area contributed by atoms with Gasteiger partial charge in [0.1, 0.15) is 12.3 Å². The van der Waals surface area contributed by atoms with Gasteiger partial charge in [0.25, 0.3) is 5.69 Å². The average Bonchev–Trinajstić information content (AvgIpc) is 3.41. The summed E-state index contributed by atoms with van der Waals surface area (Å²) in [5, 5.41) is 16.0. The highest BCUT2D eigenvalue weighted by molar-refractivity contribution is 5.76. The summed E-state index contributed by atoms with van der Waals surface area (Å²) in [6.07, 6.45) is 4.30. The molecule has 7 nitrogen and oxygen atoms in total. The molecule has 3 rings (SSSR count). The summed E-state index contributed by atoms with van der Waals surface area (Å²) in [5.41, 5.74) is 1.06. The van der Waals surface area contributed by atoms with Crippen molar-refractivity contribution in [1.29, 1.82) is 0 Å². The number of hydrogen-bond donors (Lipinski definition) is 0. The van der Waals surface area contributed by atoms with Crippen LogP contribution in [0.15, 0.2) is 28.8 Å². The number of hydrogen-bond acceptors (Lipinski definition) is 5. The minimum absolute atomic E-state index is 0.0891. The molecule has 1 aromatic carbocycles. The Morgan fingerprint density at radius 3 is 2.72 bits per heavy atom. The first-order valence-corrected chi connectivity index (χ1v) is 8.65. The molecule has 0 radical (unpaired) electrons. The maximum Gasteiger partial charge on any atom is 0.259 e. The van der Waals surface area contributed by atoms with E-state index in [0.29, 0.717) is 23.6 Å². The minimum Gasteiger partial charge on any atom is -0.539 e. The number of amides is 1. The van der Waals surface area contributed by atoms with Crippen LogP contribution in [0.5, 0.6) is 11.7 Å². The van der Waals surface area contributed by atoms with Gasteiger partial charge in [0.2, 0.25) is 11.6 Å². The lowest BCUT2D eigenvalue weighted by molar-refractivity contribution is -0.678. The minimum atomic E-state index is -0.509. The van der Waals surface area contributed by atoms with Crippen molar-refractivity contribution in [2.45, 2.75) is 51.6 Å². The molecule has 0 saturated heterocycles. The monoisotopic (exact) mass is 345 g/mol. The number of methoxy groups -OCH3 is 1. The van der Waals surface area contributed by atoms with E-state index in [1.54, 1.807) is 36.3 Å². The summed E-state index contributed by atoms with van der Waals surface area (Å²) in [4.78, 5) is 14.3. The van der Waals surface area contributed by atoms with E-state index in [1.807, 2.05) is 0 Å². The van der Waals surface area contributed by atoms with Gasteiger partial charge in [-0.05, 0) is 36.1 Å². The van der Waals surface area contributed by atoms with E-state index in [9.17, 15) is 9.90 Å². The molecule has 1 aromatic heterocycles. The highest BCUT2D eigenvalue weighted by atomic mass is 16.6. The zero-order valence-corrected chi connectivity index (χ0v) is 14.6. The van der Waals surface area contributed by atoms with Crippen LogP contribution in [0.3, 0.4) is 0 Å². The molecule has 0 spiro atoms. The number of unbranched alkanes of at least 4 members (excludes halogenated alkanes) is 1. The van der Waals surface area contributed by atoms with Crippen molar-refractivity contribution in [2.24, 2.45) is 0 Å². The van der Waals surface area contributed by atoms with Crippen molar-refractivity contribution < 1.29 is 23.8 Å². The Morgan fingerprint density at radius 2 is 2.12 bits per heavy atom. The van der Waals surface area contributed by atoms with Crippen molar-refractivity contribution in [2.75, 3.05) is 7.11 Å². The number of carbonyl (C=O) groups excluding carboxylic acids is 1. The van der Waals surface area contributed by atoms with E-state index in [0.717, 1.165) is 25.7 Å². The largest absolute Gasteiger partial charge is 0.539 e. The second kappa shape index (κ2) is 7.55. The zero-order chi connectivity index (χ0) is 17.8. The molecule has 134 valence electrons. The summed E-state index contributed by atoms with van der Waals surface area (Å²) in [6.45, 7) is 2.28. The first kappa shape index (κ1) is 17.3. The summed E-state index contributed by atoms with van der Waals surface area (Å²) in [6, 6.07) is 7.39. The van der Waals surface area contributed by atoms with Crippen LogP contribution in [0.25, 0.3) is 5.69 Å². The Balaban J connectivity index is 1.83. The average molecular weight is 345 g/mol. The van der Waals surface area contributed by atoms with Gasteiger partial charge in [-0.15, -0.1) is 0 Å². The van der Waals surface area contributed by atoms with Gasteiger partial charge >= 0.3 is 0 Å². The van der Waals surface area contributed by atoms with Crippen LogP contribution in [0.4, 0.5) is 0 Å².